The Hall–Kier alpha value is -1.41. The van der Waals surface area contributed by atoms with E-state index in [0.29, 0.717) is 28.7 Å². The molecule has 2 heterocycles. The van der Waals surface area contributed by atoms with E-state index in [1.165, 1.54) is 4.90 Å². The van der Waals surface area contributed by atoms with Crippen LogP contribution in [0, 0.1) is 5.92 Å². The summed E-state index contributed by atoms with van der Waals surface area (Å²) in [5.74, 6) is -2.68. The highest BCUT2D eigenvalue weighted by molar-refractivity contribution is 9.10. The normalized spacial score (nSPS) is 22.6. The molecule has 1 amide bonds. The van der Waals surface area contributed by atoms with Gasteiger partial charge in [0.2, 0.25) is 0 Å². The second-order valence-corrected chi connectivity index (χ2v) is 6.74. The Kier molecular flexibility index (Phi) is 4.22. The molecule has 0 radical (unpaired) electrons. The number of halogens is 4. The van der Waals surface area contributed by atoms with E-state index in [0.717, 1.165) is 0 Å². The first kappa shape index (κ1) is 16.4. The van der Waals surface area contributed by atoms with Crippen LogP contribution in [0.1, 0.15) is 23.2 Å². The molecule has 1 aromatic carbocycles. The van der Waals surface area contributed by atoms with Crippen molar-refractivity contribution in [3.05, 3.63) is 28.2 Å². The molecular formula is C15H14BrF3N2O2. The van der Waals surface area contributed by atoms with Crippen LogP contribution in [0.5, 0.6) is 0 Å². The molecule has 0 spiro atoms. The highest BCUT2D eigenvalue weighted by Crippen LogP contribution is 2.35. The van der Waals surface area contributed by atoms with Crippen molar-refractivity contribution in [1.29, 1.82) is 0 Å². The number of carbonyl (C=O) groups excluding carboxylic acids is 2. The third-order valence-electron chi connectivity index (χ3n) is 4.24. The number of fused-ring (bicyclic) bond motifs is 1. The molecule has 0 aliphatic carbocycles. The number of anilines is 1. The molecule has 0 unspecified atom stereocenters. The number of benzene rings is 1. The highest BCUT2D eigenvalue weighted by Gasteiger charge is 2.43. The fraction of sp³-hybridized carbons (Fsp3) is 0.467. The lowest BCUT2D eigenvalue weighted by Gasteiger charge is -2.35. The van der Waals surface area contributed by atoms with Crippen molar-refractivity contribution >= 4 is 33.3 Å². The van der Waals surface area contributed by atoms with Gasteiger partial charge in [-0.15, -0.1) is 0 Å². The SMILES string of the molecule is O=C1C(=O)N(CN2CCC[C@H](C(F)(F)F)C2)c2cc(Br)ccc21. The molecule has 1 fully saturated rings. The molecular weight excluding hydrogens is 377 g/mol. The monoisotopic (exact) mass is 390 g/mol. The lowest BCUT2D eigenvalue weighted by atomic mass is 9.98. The van der Waals surface area contributed by atoms with E-state index in [-0.39, 0.29) is 19.6 Å². The summed E-state index contributed by atoms with van der Waals surface area (Å²) in [6.07, 6.45) is -3.70. The first-order chi connectivity index (χ1) is 10.8. The van der Waals surface area contributed by atoms with Crippen LogP contribution in [0.3, 0.4) is 0 Å². The van der Waals surface area contributed by atoms with Crippen LogP contribution in [0.15, 0.2) is 22.7 Å². The average molecular weight is 391 g/mol. The molecule has 2 aliphatic heterocycles. The zero-order valence-electron chi connectivity index (χ0n) is 12.1. The summed E-state index contributed by atoms with van der Waals surface area (Å²) in [7, 11) is 0. The fourth-order valence-corrected chi connectivity index (χ4v) is 3.41. The number of ketones is 1. The number of amides is 1. The zero-order valence-corrected chi connectivity index (χ0v) is 13.7. The Morgan fingerprint density at radius 2 is 2.00 bits per heavy atom. The van der Waals surface area contributed by atoms with Crippen LogP contribution in [-0.2, 0) is 4.79 Å². The molecule has 0 bridgehead atoms. The minimum Gasteiger partial charge on any atom is -0.291 e. The van der Waals surface area contributed by atoms with Crippen LogP contribution < -0.4 is 4.90 Å². The third kappa shape index (κ3) is 3.14. The van der Waals surface area contributed by atoms with Gasteiger partial charge in [0.05, 0.1) is 23.8 Å². The Morgan fingerprint density at radius 3 is 2.70 bits per heavy atom. The molecule has 0 aromatic heterocycles. The molecule has 1 atom stereocenters. The number of alkyl halides is 3. The van der Waals surface area contributed by atoms with Gasteiger partial charge in [-0.3, -0.25) is 19.4 Å². The smallest absolute Gasteiger partial charge is 0.291 e. The fourth-order valence-electron chi connectivity index (χ4n) is 3.06. The number of nitrogens with zero attached hydrogens (tertiary/aromatic N) is 2. The van der Waals surface area contributed by atoms with Gasteiger partial charge in [-0.25, -0.2) is 0 Å². The molecule has 0 N–H and O–H groups in total. The van der Waals surface area contributed by atoms with Crippen molar-refractivity contribution < 1.29 is 22.8 Å². The van der Waals surface area contributed by atoms with Crippen LogP contribution in [0.2, 0.25) is 0 Å². The van der Waals surface area contributed by atoms with Crippen molar-refractivity contribution in [2.24, 2.45) is 5.92 Å². The van der Waals surface area contributed by atoms with E-state index < -0.39 is 23.8 Å². The van der Waals surface area contributed by atoms with E-state index >= 15 is 0 Å². The minimum absolute atomic E-state index is 0.000602. The van der Waals surface area contributed by atoms with Gasteiger partial charge in [-0.1, -0.05) is 15.9 Å². The summed E-state index contributed by atoms with van der Waals surface area (Å²) >= 11 is 3.28. The van der Waals surface area contributed by atoms with Gasteiger partial charge in [0.15, 0.2) is 0 Å². The molecule has 2 aliphatic rings. The molecule has 8 heteroatoms. The zero-order chi connectivity index (χ0) is 16.8. The summed E-state index contributed by atoms with van der Waals surface area (Å²) in [6, 6.07) is 4.85. The topological polar surface area (TPSA) is 40.6 Å². The molecule has 1 saturated heterocycles. The Bertz CT molecular complexity index is 663. The van der Waals surface area contributed by atoms with Crippen molar-refractivity contribution in [3.8, 4) is 0 Å². The summed E-state index contributed by atoms with van der Waals surface area (Å²) < 4.78 is 39.4. The number of Topliss-reactive ketones (excluding diaryl/α,β-unsaturated/α-hetero) is 1. The van der Waals surface area contributed by atoms with Gasteiger partial charge in [0, 0.05) is 11.0 Å². The van der Waals surface area contributed by atoms with Gasteiger partial charge < -0.3 is 0 Å². The van der Waals surface area contributed by atoms with Crippen LogP contribution in [0.25, 0.3) is 0 Å². The molecule has 23 heavy (non-hydrogen) atoms. The summed E-state index contributed by atoms with van der Waals surface area (Å²) in [4.78, 5) is 27.0. The molecule has 124 valence electrons. The van der Waals surface area contributed by atoms with Crippen molar-refractivity contribution in [2.45, 2.75) is 19.0 Å². The average Bonchev–Trinajstić information content (AvgIpc) is 2.71. The molecule has 3 rings (SSSR count). The van der Waals surface area contributed by atoms with Gasteiger partial charge in [-0.2, -0.15) is 13.2 Å². The largest absolute Gasteiger partial charge is 0.393 e. The van der Waals surface area contributed by atoms with Crippen LogP contribution >= 0.6 is 15.9 Å². The Morgan fingerprint density at radius 1 is 1.26 bits per heavy atom. The number of likely N-dealkylation sites (tertiary alicyclic amines) is 1. The van der Waals surface area contributed by atoms with E-state index in [1.54, 1.807) is 23.1 Å². The summed E-state index contributed by atoms with van der Waals surface area (Å²) in [6.45, 7) is 0.333. The number of piperidine rings is 1. The van der Waals surface area contributed by atoms with Crippen molar-refractivity contribution in [1.82, 2.24) is 4.90 Å². The van der Waals surface area contributed by atoms with Crippen LogP contribution in [0.4, 0.5) is 18.9 Å². The van der Waals surface area contributed by atoms with E-state index in [4.69, 9.17) is 0 Å². The van der Waals surface area contributed by atoms with E-state index in [9.17, 15) is 22.8 Å². The van der Waals surface area contributed by atoms with Gasteiger partial charge in [-0.05, 0) is 37.6 Å². The molecule has 0 saturated carbocycles. The lowest BCUT2D eigenvalue weighted by molar-refractivity contribution is -0.186. The Balaban J connectivity index is 1.79. The lowest BCUT2D eigenvalue weighted by Crippen LogP contribution is -2.48. The molecule has 1 aromatic rings. The number of rotatable bonds is 2. The predicted molar refractivity (Wildman–Crippen MR) is 81.2 cm³/mol. The van der Waals surface area contributed by atoms with Gasteiger partial charge in [0.1, 0.15) is 0 Å². The Labute approximate surface area is 139 Å². The predicted octanol–water partition coefficient (Wildman–Crippen LogP) is 3.21. The van der Waals surface area contributed by atoms with E-state index in [1.807, 2.05) is 0 Å². The number of hydrogen-bond acceptors (Lipinski definition) is 3. The summed E-state index contributed by atoms with van der Waals surface area (Å²) in [5.41, 5.74) is 0.742. The maximum Gasteiger partial charge on any atom is 0.393 e. The second kappa shape index (κ2) is 5.90. The standard InChI is InChI=1S/C15H14BrF3N2O2/c16-10-3-4-11-12(6-10)21(14(23)13(11)22)8-20-5-1-2-9(7-20)15(17,18)19/h3-4,6,9H,1-2,5,7-8H2/t9-/m0/s1. The second-order valence-electron chi connectivity index (χ2n) is 5.82. The van der Waals surface area contributed by atoms with Crippen LogP contribution in [-0.4, -0.2) is 42.5 Å². The maximum absolute atomic E-state index is 12.9. The quantitative estimate of drug-likeness (QED) is 0.728. The first-order valence-corrected chi connectivity index (χ1v) is 8.01. The maximum atomic E-state index is 12.9. The minimum atomic E-state index is -4.23. The van der Waals surface area contributed by atoms with Crippen molar-refractivity contribution in [3.63, 3.8) is 0 Å². The summed E-state index contributed by atoms with van der Waals surface area (Å²) in [5, 5.41) is 0. The third-order valence-corrected chi connectivity index (χ3v) is 4.74. The van der Waals surface area contributed by atoms with E-state index in [2.05, 4.69) is 15.9 Å². The van der Waals surface area contributed by atoms with Gasteiger partial charge >= 0.3 is 12.1 Å². The van der Waals surface area contributed by atoms with Gasteiger partial charge in [0.25, 0.3) is 5.78 Å². The number of hydrogen-bond donors (Lipinski definition) is 0. The first-order valence-electron chi connectivity index (χ1n) is 7.22. The van der Waals surface area contributed by atoms with Crippen molar-refractivity contribution in [2.75, 3.05) is 24.7 Å². The highest BCUT2D eigenvalue weighted by atomic mass is 79.9. The molecule has 4 nitrogen and oxygen atoms in total. The number of carbonyl (C=O) groups is 2.